The van der Waals surface area contributed by atoms with Gasteiger partial charge in [0.15, 0.2) is 0 Å². The molecule has 2 aromatic carbocycles. The zero-order chi connectivity index (χ0) is 18.1. The molecule has 0 bridgehead atoms. The Morgan fingerprint density at radius 1 is 1.04 bits per heavy atom. The van der Waals surface area contributed by atoms with Crippen molar-refractivity contribution in [1.82, 2.24) is 5.32 Å². The fraction of sp³-hybridized carbons (Fsp3) is 0.300. The topological polar surface area (TPSA) is 75.6 Å². The number of carbonyl (C=O) groups excluding carboxylic acids is 1. The Balaban J connectivity index is 1.78. The van der Waals surface area contributed by atoms with Crippen LogP contribution in [0.1, 0.15) is 18.1 Å². The van der Waals surface area contributed by atoms with E-state index < -0.39 is 11.4 Å². The van der Waals surface area contributed by atoms with Gasteiger partial charge >= 0.3 is 5.97 Å². The summed E-state index contributed by atoms with van der Waals surface area (Å²) >= 11 is 0. The Morgan fingerprint density at radius 3 is 2.24 bits per heavy atom. The second-order valence-electron chi connectivity index (χ2n) is 6.07. The van der Waals surface area contributed by atoms with Gasteiger partial charge in [-0.15, -0.1) is 0 Å². The number of nitrogens with one attached hydrogen (secondary N) is 1. The van der Waals surface area contributed by atoms with Crippen molar-refractivity contribution in [2.45, 2.75) is 18.8 Å². The van der Waals surface area contributed by atoms with Gasteiger partial charge < -0.3 is 15.2 Å². The normalized spacial score (nSPS) is 13.0. The van der Waals surface area contributed by atoms with E-state index in [9.17, 15) is 14.7 Å². The highest BCUT2D eigenvalue weighted by molar-refractivity contribution is 5.83. The van der Waals surface area contributed by atoms with Crippen molar-refractivity contribution in [2.24, 2.45) is 0 Å². The summed E-state index contributed by atoms with van der Waals surface area (Å²) in [7, 11) is 0. The number of rotatable bonds is 9. The molecule has 1 atom stereocenters. The smallest absolute Gasteiger partial charge is 0.315 e. The van der Waals surface area contributed by atoms with Crippen LogP contribution in [-0.4, -0.2) is 36.7 Å². The molecule has 0 heterocycles. The SMILES string of the molecule is CC(CNC(=O)COCCc1ccccc1)(C(=O)O)c1ccccc1. The van der Waals surface area contributed by atoms with Crippen molar-refractivity contribution in [3.8, 4) is 0 Å². The monoisotopic (exact) mass is 341 g/mol. The number of ether oxygens (including phenoxy) is 1. The second-order valence-corrected chi connectivity index (χ2v) is 6.07. The average Bonchev–Trinajstić information content (AvgIpc) is 2.64. The average molecular weight is 341 g/mol. The molecule has 0 radical (unpaired) electrons. The van der Waals surface area contributed by atoms with Crippen LogP contribution in [0.3, 0.4) is 0 Å². The van der Waals surface area contributed by atoms with Gasteiger partial charge in [0, 0.05) is 6.54 Å². The minimum atomic E-state index is -1.18. The molecule has 5 heteroatoms. The Hall–Kier alpha value is -2.66. The number of aliphatic carboxylic acids is 1. The van der Waals surface area contributed by atoms with Gasteiger partial charge in [-0.1, -0.05) is 60.7 Å². The molecule has 2 N–H and O–H groups in total. The molecule has 0 saturated heterocycles. The summed E-state index contributed by atoms with van der Waals surface area (Å²) in [4.78, 5) is 23.6. The van der Waals surface area contributed by atoms with Crippen LogP contribution in [0, 0.1) is 0 Å². The highest BCUT2D eigenvalue weighted by atomic mass is 16.5. The number of hydrogen-bond donors (Lipinski definition) is 2. The molecule has 0 saturated carbocycles. The lowest BCUT2D eigenvalue weighted by Crippen LogP contribution is -2.45. The lowest BCUT2D eigenvalue weighted by Gasteiger charge is -2.25. The summed E-state index contributed by atoms with van der Waals surface area (Å²) in [6, 6.07) is 18.7. The zero-order valence-corrected chi connectivity index (χ0v) is 14.3. The molecule has 0 spiro atoms. The molecular weight excluding hydrogens is 318 g/mol. The maximum atomic E-state index is 11.9. The first-order valence-electron chi connectivity index (χ1n) is 8.19. The number of hydrogen-bond acceptors (Lipinski definition) is 3. The van der Waals surface area contributed by atoms with E-state index in [2.05, 4.69) is 5.32 Å². The molecular formula is C20H23NO4. The summed E-state index contributed by atoms with van der Waals surface area (Å²) in [6.07, 6.45) is 0.727. The van der Waals surface area contributed by atoms with Crippen LogP contribution in [-0.2, 0) is 26.2 Å². The molecule has 1 unspecified atom stereocenters. The predicted octanol–water partition coefficient (Wildman–Crippen LogP) is 2.40. The van der Waals surface area contributed by atoms with Crippen LogP contribution >= 0.6 is 0 Å². The Kier molecular flexibility index (Phi) is 6.71. The van der Waals surface area contributed by atoms with E-state index in [0.717, 1.165) is 12.0 Å². The first-order valence-corrected chi connectivity index (χ1v) is 8.19. The molecule has 25 heavy (non-hydrogen) atoms. The number of amides is 1. The van der Waals surface area contributed by atoms with Gasteiger partial charge in [0.25, 0.3) is 0 Å². The van der Waals surface area contributed by atoms with E-state index in [1.54, 1.807) is 31.2 Å². The van der Waals surface area contributed by atoms with Crippen molar-refractivity contribution in [3.63, 3.8) is 0 Å². The third-order valence-corrected chi connectivity index (χ3v) is 4.13. The van der Waals surface area contributed by atoms with Crippen LogP contribution in [0.25, 0.3) is 0 Å². The minimum Gasteiger partial charge on any atom is -0.481 e. The van der Waals surface area contributed by atoms with Crippen molar-refractivity contribution < 1.29 is 19.4 Å². The number of carboxylic acids is 1. The number of benzene rings is 2. The molecule has 2 rings (SSSR count). The first-order chi connectivity index (χ1) is 12.0. The van der Waals surface area contributed by atoms with E-state index in [0.29, 0.717) is 12.2 Å². The number of carboxylic acid groups (broad SMARTS) is 1. The molecule has 0 aliphatic carbocycles. The van der Waals surface area contributed by atoms with E-state index in [1.165, 1.54) is 0 Å². The lowest BCUT2D eigenvalue weighted by molar-refractivity contribution is -0.143. The van der Waals surface area contributed by atoms with Crippen LogP contribution in [0.4, 0.5) is 0 Å². The Morgan fingerprint density at radius 2 is 1.64 bits per heavy atom. The van der Waals surface area contributed by atoms with Gasteiger partial charge in [-0.2, -0.15) is 0 Å². The largest absolute Gasteiger partial charge is 0.481 e. The van der Waals surface area contributed by atoms with Crippen LogP contribution in [0.2, 0.25) is 0 Å². The third kappa shape index (κ3) is 5.43. The molecule has 0 aromatic heterocycles. The molecule has 5 nitrogen and oxygen atoms in total. The van der Waals surface area contributed by atoms with Gasteiger partial charge in [-0.3, -0.25) is 9.59 Å². The van der Waals surface area contributed by atoms with Crippen molar-refractivity contribution in [2.75, 3.05) is 19.8 Å². The summed E-state index contributed by atoms with van der Waals surface area (Å²) in [5.41, 5.74) is 0.610. The van der Waals surface area contributed by atoms with Gasteiger partial charge in [0.1, 0.15) is 12.0 Å². The first kappa shape index (κ1) is 18.7. The van der Waals surface area contributed by atoms with Gasteiger partial charge in [0.05, 0.1) is 6.61 Å². The van der Waals surface area contributed by atoms with Crippen LogP contribution in [0.5, 0.6) is 0 Å². The Bertz CT molecular complexity index is 687. The lowest BCUT2D eigenvalue weighted by atomic mass is 9.82. The Labute approximate surface area is 147 Å². The van der Waals surface area contributed by atoms with Crippen molar-refractivity contribution in [3.05, 3.63) is 71.8 Å². The van der Waals surface area contributed by atoms with Crippen molar-refractivity contribution in [1.29, 1.82) is 0 Å². The zero-order valence-electron chi connectivity index (χ0n) is 14.3. The maximum Gasteiger partial charge on any atom is 0.315 e. The van der Waals surface area contributed by atoms with Crippen molar-refractivity contribution >= 4 is 11.9 Å². The quantitative estimate of drug-likeness (QED) is 0.687. The molecule has 0 aliphatic rings. The molecule has 0 fully saturated rings. The highest BCUT2D eigenvalue weighted by Crippen LogP contribution is 2.23. The van der Waals surface area contributed by atoms with E-state index in [-0.39, 0.29) is 19.1 Å². The van der Waals surface area contributed by atoms with E-state index in [4.69, 9.17) is 4.74 Å². The van der Waals surface area contributed by atoms with E-state index in [1.807, 2.05) is 36.4 Å². The molecule has 0 aliphatic heterocycles. The second kappa shape index (κ2) is 8.99. The summed E-state index contributed by atoms with van der Waals surface area (Å²) in [6.45, 7) is 1.96. The molecule has 132 valence electrons. The van der Waals surface area contributed by atoms with Gasteiger partial charge in [-0.05, 0) is 24.5 Å². The maximum absolute atomic E-state index is 11.9. The fourth-order valence-corrected chi connectivity index (χ4v) is 2.43. The van der Waals surface area contributed by atoms with Gasteiger partial charge in [0.2, 0.25) is 5.91 Å². The molecule has 2 aromatic rings. The third-order valence-electron chi connectivity index (χ3n) is 4.13. The number of carbonyl (C=O) groups is 2. The summed E-state index contributed by atoms with van der Waals surface area (Å²) in [5, 5.41) is 12.2. The molecule has 1 amide bonds. The summed E-state index contributed by atoms with van der Waals surface area (Å²) in [5.74, 6) is -1.31. The van der Waals surface area contributed by atoms with Crippen LogP contribution in [0.15, 0.2) is 60.7 Å². The van der Waals surface area contributed by atoms with Gasteiger partial charge in [-0.25, -0.2) is 0 Å². The fourth-order valence-electron chi connectivity index (χ4n) is 2.43. The van der Waals surface area contributed by atoms with Crippen LogP contribution < -0.4 is 5.32 Å². The highest BCUT2D eigenvalue weighted by Gasteiger charge is 2.35. The minimum absolute atomic E-state index is 0.00717. The van der Waals surface area contributed by atoms with E-state index >= 15 is 0 Å². The predicted molar refractivity (Wildman–Crippen MR) is 95.4 cm³/mol. The standard InChI is InChI=1S/C20H23NO4/c1-20(19(23)24,17-10-6-3-7-11-17)15-21-18(22)14-25-13-12-16-8-4-2-5-9-16/h2-11H,12-15H2,1H3,(H,21,22)(H,23,24). The summed E-state index contributed by atoms with van der Waals surface area (Å²) < 4.78 is 5.37.